The lowest BCUT2D eigenvalue weighted by atomic mass is 10.2. The van der Waals surface area contributed by atoms with Gasteiger partial charge in [0.1, 0.15) is 23.3 Å². The predicted molar refractivity (Wildman–Crippen MR) is 66.5 cm³/mol. The summed E-state index contributed by atoms with van der Waals surface area (Å²) in [6.07, 6.45) is 0. The first kappa shape index (κ1) is 12.7. The first-order valence-corrected chi connectivity index (χ1v) is 5.59. The molecule has 0 radical (unpaired) electrons. The van der Waals surface area contributed by atoms with E-state index in [1.807, 2.05) is 6.07 Å². The molecule has 0 unspecified atom stereocenters. The summed E-state index contributed by atoms with van der Waals surface area (Å²) in [6.45, 7) is 0.275. The van der Waals surface area contributed by atoms with Crippen LogP contribution in [0.5, 0.6) is 0 Å². The molecular formula is C14H10FN3O. The van der Waals surface area contributed by atoms with Gasteiger partial charge >= 0.3 is 0 Å². The van der Waals surface area contributed by atoms with Crippen LogP contribution in [0.1, 0.15) is 21.7 Å². The molecule has 0 bridgehead atoms. The summed E-state index contributed by atoms with van der Waals surface area (Å²) in [7, 11) is 0. The zero-order chi connectivity index (χ0) is 13.7. The largest absolute Gasteiger partial charge is 0.347 e. The summed E-state index contributed by atoms with van der Waals surface area (Å²) in [6, 6.07) is 12.4. The van der Waals surface area contributed by atoms with Gasteiger partial charge in [0.15, 0.2) is 0 Å². The fourth-order valence-corrected chi connectivity index (χ4v) is 1.50. The van der Waals surface area contributed by atoms with Gasteiger partial charge in [-0.15, -0.1) is 0 Å². The maximum absolute atomic E-state index is 12.7. The number of halogens is 1. The van der Waals surface area contributed by atoms with Crippen molar-refractivity contribution >= 4 is 5.91 Å². The van der Waals surface area contributed by atoms with Crippen LogP contribution in [0.4, 0.5) is 4.39 Å². The quantitative estimate of drug-likeness (QED) is 0.912. The SMILES string of the molecule is N#Cc1cccc(C(=O)NCc2ccc(F)cc2)n1. The summed E-state index contributed by atoms with van der Waals surface area (Å²) in [5, 5.41) is 11.4. The molecule has 0 atom stereocenters. The Bertz CT molecular complexity index is 632. The Labute approximate surface area is 109 Å². The highest BCUT2D eigenvalue weighted by Crippen LogP contribution is 2.03. The Balaban J connectivity index is 2.01. The summed E-state index contributed by atoms with van der Waals surface area (Å²) in [4.78, 5) is 15.7. The maximum Gasteiger partial charge on any atom is 0.270 e. The molecule has 1 aromatic carbocycles. The van der Waals surface area contributed by atoms with Crippen LogP contribution in [-0.4, -0.2) is 10.9 Å². The van der Waals surface area contributed by atoms with Gasteiger partial charge in [-0.2, -0.15) is 5.26 Å². The highest BCUT2D eigenvalue weighted by atomic mass is 19.1. The third-order valence-electron chi connectivity index (χ3n) is 2.46. The molecule has 2 rings (SSSR count). The predicted octanol–water partition coefficient (Wildman–Crippen LogP) is 2.02. The molecule has 0 saturated heterocycles. The topological polar surface area (TPSA) is 65.8 Å². The van der Waals surface area contributed by atoms with E-state index in [0.29, 0.717) is 0 Å². The van der Waals surface area contributed by atoms with Crippen molar-refractivity contribution in [2.45, 2.75) is 6.54 Å². The Morgan fingerprint density at radius 3 is 2.68 bits per heavy atom. The van der Waals surface area contributed by atoms with Crippen molar-refractivity contribution in [3.63, 3.8) is 0 Å². The molecule has 5 heteroatoms. The zero-order valence-electron chi connectivity index (χ0n) is 9.93. The normalized spacial score (nSPS) is 9.68. The van der Waals surface area contributed by atoms with E-state index in [2.05, 4.69) is 10.3 Å². The standard InChI is InChI=1S/C14H10FN3O/c15-11-6-4-10(5-7-11)9-17-14(19)13-3-1-2-12(8-16)18-13/h1-7H,9H2,(H,17,19). The molecule has 1 N–H and O–H groups in total. The van der Waals surface area contributed by atoms with Gasteiger partial charge in [0.2, 0.25) is 0 Å². The number of nitriles is 1. The lowest BCUT2D eigenvalue weighted by Gasteiger charge is -2.05. The Kier molecular flexibility index (Phi) is 3.84. The number of aromatic nitrogens is 1. The van der Waals surface area contributed by atoms with E-state index >= 15 is 0 Å². The Morgan fingerprint density at radius 2 is 2.00 bits per heavy atom. The van der Waals surface area contributed by atoms with Crippen molar-refractivity contribution in [3.05, 3.63) is 65.2 Å². The summed E-state index contributed by atoms with van der Waals surface area (Å²) < 4.78 is 12.7. The number of hydrogen-bond acceptors (Lipinski definition) is 3. The number of nitrogens with zero attached hydrogens (tertiary/aromatic N) is 2. The fourth-order valence-electron chi connectivity index (χ4n) is 1.50. The monoisotopic (exact) mass is 255 g/mol. The van der Waals surface area contributed by atoms with Gasteiger partial charge < -0.3 is 5.32 Å². The van der Waals surface area contributed by atoms with Gasteiger partial charge in [-0.05, 0) is 29.8 Å². The highest BCUT2D eigenvalue weighted by Gasteiger charge is 2.07. The summed E-state index contributed by atoms with van der Waals surface area (Å²) >= 11 is 0. The van der Waals surface area contributed by atoms with Crippen molar-refractivity contribution in [3.8, 4) is 6.07 Å². The highest BCUT2D eigenvalue weighted by molar-refractivity contribution is 5.92. The van der Waals surface area contributed by atoms with Crippen LogP contribution in [0.25, 0.3) is 0 Å². The van der Waals surface area contributed by atoms with Crippen molar-refractivity contribution in [1.29, 1.82) is 5.26 Å². The molecule has 1 heterocycles. The van der Waals surface area contributed by atoms with E-state index in [9.17, 15) is 9.18 Å². The van der Waals surface area contributed by atoms with Gasteiger partial charge in [0, 0.05) is 6.54 Å². The van der Waals surface area contributed by atoms with Gasteiger partial charge in [-0.25, -0.2) is 9.37 Å². The van der Waals surface area contributed by atoms with Crippen LogP contribution in [-0.2, 0) is 6.54 Å². The molecule has 0 aliphatic heterocycles. The number of amides is 1. The van der Waals surface area contributed by atoms with Crippen molar-refractivity contribution in [2.75, 3.05) is 0 Å². The molecule has 19 heavy (non-hydrogen) atoms. The second-order valence-corrected chi connectivity index (χ2v) is 3.83. The maximum atomic E-state index is 12.7. The van der Waals surface area contributed by atoms with Gasteiger partial charge in [0.05, 0.1) is 0 Å². The third-order valence-corrected chi connectivity index (χ3v) is 2.46. The lowest BCUT2D eigenvalue weighted by molar-refractivity contribution is 0.0946. The molecule has 4 nitrogen and oxygen atoms in total. The fraction of sp³-hybridized carbons (Fsp3) is 0.0714. The number of carbonyl (C=O) groups is 1. The smallest absolute Gasteiger partial charge is 0.270 e. The van der Waals surface area contributed by atoms with Crippen LogP contribution in [0.3, 0.4) is 0 Å². The first-order valence-electron chi connectivity index (χ1n) is 5.59. The molecule has 0 aliphatic rings. The van der Waals surface area contributed by atoms with E-state index in [0.717, 1.165) is 5.56 Å². The number of benzene rings is 1. The lowest BCUT2D eigenvalue weighted by Crippen LogP contribution is -2.23. The van der Waals surface area contributed by atoms with E-state index in [4.69, 9.17) is 5.26 Å². The average Bonchev–Trinajstić information content (AvgIpc) is 2.46. The second kappa shape index (κ2) is 5.74. The number of nitrogens with one attached hydrogen (secondary N) is 1. The van der Waals surface area contributed by atoms with Crippen LogP contribution >= 0.6 is 0 Å². The molecular weight excluding hydrogens is 245 g/mol. The number of rotatable bonds is 3. The van der Waals surface area contributed by atoms with Crippen molar-refractivity contribution < 1.29 is 9.18 Å². The van der Waals surface area contributed by atoms with Crippen LogP contribution in [0, 0.1) is 17.1 Å². The Morgan fingerprint density at radius 1 is 1.26 bits per heavy atom. The second-order valence-electron chi connectivity index (χ2n) is 3.83. The minimum atomic E-state index is -0.374. The number of hydrogen-bond donors (Lipinski definition) is 1. The van der Waals surface area contributed by atoms with Gasteiger partial charge in [-0.1, -0.05) is 18.2 Å². The Hall–Kier alpha value is -2.74. The van der Waals surface area contributed by atoms with Crippen molar-refractivity contribution in [1.82, 2.24) is 10.3 Å². The van der Waals surface area contributed by atoms with E-state index in [-0.39, 0.29) is 29.7 Å². The molecule has 0 spiro atoms. The molecule has 1 amide bonds. The van der Waals surface area contributed by atoms with E-state index < -0.39 is 0 Å². The first-order chi connectivity index (χ1) is 9.19. The number of carbonyl (C=O) groups excluding carboxylic acids is 1. The van der Waals surface area contributed by atoms with Gasteiger partial charge in [-0.3, -0.25) is 4.79 Å². The minimum absolute atomic E-state index is 0.182. The van der Waals surface area contributed by atoms with E-state index in [1.54, 1.807) is 18.2 Å². The summed E-state index contributed by atoms with van der Waals surface area (Å²) in [5.41, 5.74) is 1.15. The molecule has 2 aromatic rings. The van der Waals surface area contributed by atoms with Crippen LogP contribution in [0.15, 0.2) is 42.5 Å². The number of pyridine rings is 1. The van der Waals surface area contributed by atoms with E-state index in [1.165, 1.54) is 24.3 Å². The summed E-state index contributed by atoms with van der Waals surface area (Å²) in [5.74, 6) is -0.695. The van der Waals surface area contributed by atoms with Gasteiger partial charge in [0.25, 0.3) is 5.91 Å². The average molecular weight is 255 g/mol. The molecule has 94 valence electrons. The zero-order valence-corrected chi connectivity index (χ0v) is 9.93. The molecule has 0 fully saturated rings. The van der Waals surface area contributed by atoms with Crippen molar-refractivity contribution in [2.24, 2.45) is 0 Å². The molecule has 0 saturated carbocycles. The third kappa shape index (κ3) is 3.36. The van der Waals surface area contributed by atoms with Crippen LogP contribution < -0.4 is 5.32 Å². The molecule has 1 aromatic heterocycles. The molecule has 0 aliphatic carbocycles. The van der Waals surface area contributed by atoms with Crippen LogP contribution in [0.2, 0.25) is 0 Å². The minimum Gasteiger partial charge on any atom is -0.347 e.